The maximum Gasteiger partial charge on any atom is 0.313 e. The summed E-state index contributed by atoms with van der Waals surface area (Å²) in [5, 5.41) is 9.23. The van der Waals surface area contributed by atoms with Crippen molar-refractivity contribution < 1.29 is 18.3 Å². The molecule has 0 saturated carbocycles. The molecule has 0 unspecified atom stereocenters. The van der Waals surface area contributed by atoms with Crippen molar-refractivity contribution in [3.05, 3.63) is 11.9 Å². The van der Waals surface area contributed by atoms with Gasteiger partial charge in [0.1, 0.15) is 9.84 Å². The number of thioether (sulfide) groups is 1. The molecule has 1 N–H and O–H groups in total. The second-order valence-electron chi connectivity index (χ2n) is 4.00. The molecular weight excluding hydrogens is 276 g/mol. The lowest BCUT2D eigenvalue weighted by molar-refractivity contribution is -0.133. The Kier molecular flexibility index (Phi) is 5.21. The molecule has 0 aliphatic carbocycles. The number of carbonyl (C=O) groups is 1. The maximum atomic E-state index is 11.0. The number of hydrogen-bond donors (Lipinski definition) is 1. The highest BCUT2D eigenvalue weighted by molar-refractivity contribution is 7.99. The fourth-order valence-corrected chi connectivity index (χ4v) is 2.86. The lowest BCUT2D eigenvalue weighted by Gasteiger charge is -2.08. The minimum Gasteiger partial charge on any atom is -0.481 e. The summed E-state index contributed by atoms with van der Waals surface area (Å²) in [6.45, 7) is 2.39. The Balaban J connectivity index is 2.63. The highest BCUT2D eigenvalue weighted by Gasteiger charge is 2.10. The van der Waals surface area contributed by atoms with E-state index in [0.29, 0.717) is 18.1 Å². The van der Waals surface area contributed by atoms with Gasteiger partial charge in [-0.2, -0.15) is 0 Å². The number of aryl methyl sites for hydroxylation is 1. The average Bonchev–Trinajstić information content (AvgIpc) is 2.56. The highest BCUT2D eigenvalue weighted by Crippen LogP contribution is 2.18. The molecule has 0 atom stereocenters. The van der Waals surface area contributed by atoms with Crippen LogP contribution in [-0.4, -0.2) is 46.8 Å². The maximum absolute atomic E-state index is 11.0. The summed E-state index contributed by atoms with van der Waals surface area (Å²) in [6, 6.07) is 0. The summed E-state index contributed by atoms with van der Waals surface area (Å²) >= 11 is 1.14. The summed E-state index contributed by atoms with van der Waals surface area (Å²) < 4.78 is 23.9. The van der Waals surface area contributed by atoms with Crippen LogP contribution in [0.2, 0.25) is 0 Å². The van der Waals surface area contributed by atoms with Crippen molar-refractivity contribution in [3.63, 3.8) is 0 Å². The number of hydrogen-bond acceptors (Lipinski definition) is 5. The Morgan fingerprint density at radius 3 is 2.78 bits per heavy atom. The number of nitrogens with zero attached hydrogens (tertiary/aromatic N) is 2. The molecule has 1 heterocycles. The Hall–Kier alpha value is -1.02. The van der Waals surface area contributed by atoms with Gasteiger partial charge in [0, 0.05) is 24.7 Å². The number of rotatable bonds is 7. The van der Waals surface area contributed by atoms with Crippen molar-refractivity contribution in [1.29, 1.82) is 0 Å². The van der Waals surface area contributed by atoms with Gasteiger partial charge in [-0.25, -0.2) is 13.4 Å². The van der Waals surface area contributed by atoms with Gasteiger partial charge in [0.15, 0.2) is 5.16 Å². The summed E-state index contributed by atoms with van der Waals surface area (Å²) in [4.78, 5) is 14.6. The zero-order valence-corrected chi connectivity index (χ0v) is 11.9. The van der Waals surface area contributed by atoms with Crippen LogP contribution >= 0.6 is 11.8 Å². The van der Waals surface area contributed by atoms with Gasteiger partial charge in [0.2, 0.25) is 0 Å². The van der Waals surface area contributed by atoms with Crippen LogP contribution in [-0.2, 0) is 21.2 Å². The van der Waals surface area contributed by atoms with Gasteiger partial charge in [0.25, 0.3) is 0 Å². The molecule has 8 heteroatoms. The van der Waals surface area contributed by atoms with Gasteiger partial charge in [-0.1, -0.05) is 11.8 Å². The summed E-state index contributed by atoms with van der Waals surface area (Å²) in [7, 11) is -2.96. The van der Waals surface area contributed by atoms with Crippen molar-refractivity contribution in [1.82, 2.24) is 9.55 Å². The molecule has 6 nitrogen and oxygen atoms in total. The minimum absolute atomic E-state index is 0.0530. The van der Waals surface area contributed by atoms with Crippen molar-refractivity contribution in [2.75, 3.05) is 17.8 Å². The van der Waals surface area contributed by atoms with Crippen LogP contribution in [0.25, 0.3) is 0 Å². The van der Waals surface area contributed by atoms with Gasteiger partial charge < -0.3 is 9.67 Å². The second-order valence-corrected chi connectivity index (χ2v) is 7.20. The number of imidazole rings is 1. The van der Waals surface area contributed by atoms with E-state index in [1.165, 1.54) is 6.26 Å². The first-order chi connectivity index (χ1) is 8.29. The molecule has 0 saturated heterocycles. The highest BCUT2D eigenvalue weighted by atomic mass is 32.2. The van der Waals surface area contributed by atoms with Crippen LogP contribution in [0.1, 0.15) is 12.1 Å². The Labute approximate surface area is 110 Å². The van der Waals surface area contributed by atoms with Crippen LogP contribution < -0.4 is 0 Å². The molecule has 1 rings (SSSR count). The van der Waals surface area contributed by atoms with Gasteiger partial charge in [0.05, 0.1) is 11.5 Å². The quantitative estimate of drug-likeness (QED) is 0.748. The van der Waals surface area contributed by atoms with E-state index in [0.717, 1.165) is 17.5 Å². The van der Waals surface area contributed by atoms with Crippen molar-refractivity contribution in [2.24, 2.45) is 0 Å². The molecule has 102 valence electrons. The summed E-state index contributed by atoms with van der Waals surface area (Å²) in [5.41, 5.74) is 0.899. The molecule has 0 radical (unpaired) electrons. The first-order valence-electron chi connectivity index (χ1n) is 5.34. The summed E-state index contributed by atoms with van der Waals surface area (Å²) in [5.74, 6) is -0.834. The van der Waals surface area contributed by atoms with E-state index in [9.17, 15) is 13.2 Å². The van der Waals surface area contributed by atoms with Crippen LogP contribution in [0.5, 0.6) is 0 Å². The van der Waals surface area contributed by atoms with Crippen LogP contribution in [0.3, 0.4) is 0 Å². The lowest BCUT2D eigenvalue weighted by Crippen LogP contribution is -2.10. The third-order valence-corrected chi connectivity index (χ3v) is 4.25. The van der Waals surface area contributed by atoms with E-state index in [2.05, 4.69) is 4.98 Å². The first kappa shape index (κ1) is 15.0. The first-order valence-corrected chi connectivity index (χ1v) is 8.38. The second kappa shape index (κ2) is 6.24. The SMILES string of the molecule is Cc1cnc(SCC(=O)O)n1CCCS(C)(=O)=O. The van der Waals surface area contributed by atoms with Crippen molar-refractivity contribution >= 4 is 27.6 Å². The zero-order valence-electron chi connectivity index (χ0n) is 10.3. The van der Waals surface area contributed by atoms with Gasteiger partial charge >= 0.3 is 5.97 Å². The lowest BCUT2D eigenvalue weighted by atomic mass is 10.4. The topological polar surface area (TPSA) is 89.3 Å². The fourth-order valence-electron chi connectivity index (χ4n) is 1.44. The molecule has 0 aliphatic rings. The molecule has 0 aliphatic heterocycles. The normalized spacial score (nSPS) is 11.7. The van der Waals surface area contributed by atoms with Crippen LogP contribution in [0.15, 0.2) is 11.4 Å². The van der Waals surface area contributed by atoms with E-state index in [1.807, 2.05) is 11.5 Å². The molecule has 0 amide bonds. The standard InChI is InChI=1S/C10H16N2O4S2/c1-8-6-11-10(17-7-9(13)14)12(8)4-3-5-18(2,15)16/h6H,3-5,7H2,1-2H3,(H,13,14). The molecule has 0 spiro atoms. The molecule has 0 fully saturated rings. The molecule has 1 aromatic heterocycles. The minimum atomic E-state index is -2.96. The Morgan fingerprint density at radius 1 is 1.56 bits per heavy atom. The molecule has 0 bridgehead atoms. The van der Waals surface area contributed by atoms with E-state index in [4.69, 9.17) is 5.11 Å². The van der Waals surface area contributed by atoms with Crippen LogP contribution in [0.4, 0.5) is 0 Å². The van der Waals surface area contributed by atoms with Gasteiger partial charge in [-0.15, -0.1) is 0 Å². The van der Waals surface area contributed by atoms with E-state index < -0.39 is 15.8 Å². The molecule has 1 aromatic rings. The zero-order chi connectivity index (χ0) is 13.8. The van der Waals surface area contributed by atoms with Crippen molar-refractivity contribution in [2.45, 2.75) is 25.0 Å². The Morgan fingerprint density at radius 2 is 2.22 bits per heavy atom. The average molecular weight is 292 g/mol. The number of carboxylic acid groups (broad SMARTS) is 1. The Bertz CT molecular complexity index is 522. The van der Waals surface area contributed by atoms with Crippen molar-refractivity contribution in [3.8, 4) is 0 Å². The number of sulfone groups is 1. The number of aromatic nitrogens is 2. The molecular formula is C10H16N2O4S2. The van der Waals surface area contributed by atoms with E-state index in [-0.39, 0.29) is 11.5 Å². The summed E-state index contributed by atoms with van der Waals surface area (Å²) in [6.07, 6.45) is 3.36. The van der Waals surface area contributed by atoms with Gasteiger partial charge in [-0.3, -0.25) is 4.79 Å². The van der Waals surface area contributed by atoms with E-state index in [1.54, 1.807) is 6.20 Å². The predicted octanol–water partition coefficient (Wildman–Crippen LogP) is 0.803. The van der Waals surface area contributed by atoms with Crippen LogP contribution in [0, 0.1) is 6.92 Å². The van der Waals surface area contributed by atoms with Gasteiger partial charge in [-0.05, 0) is 13.3 Å². The monoisotopic (exact) mass is 292 g/mol. The number of carboxylic acids is 1. The smallest absolute Gasteiger partial charge is 0.313 e. The largest absolute Gasteiger partial charge is 0.481 e. The number of aliphatic carboxylic acids is 1. The third kappa shape index (κ3) is 5.09. The molecule has 0 aromatic carbocycles. The molecule has 18 heavy (non-hydrogen) atoms. The fraction of sp³-hybridized carbons (Fsp3) is 0.600. The van der Waals surface area contributed by atoms with E-state index >= 15 is 0 Å². The third-order valence-electron chi connectivity index (χ3n) is 2.24. The predicted molar refractivity (Wildman–Crippen MR) is 69.7 cm³/mol.